The number of nitriles is 1. The van der Waals surface area contributed by atoms with E-state index in [-0.39, 0.29) is 0 Å². The summed E-state index contributed by atoms with van der Waals surface area (Å²) in [4.78, 5) is 2.40. The molecule has 0 aliphatic rings. The lowest BCUT2D eigenvalue weighted by Crippen LogP contribution is -2.38. The summed E-state index contributed by atoms with van der Waals surface area (Å²) in [5, 5.41) is 12.5. The van der Waals surface area contributed by atoms with Gasteiger partial charge in [-0.15, -0.1) is 0 Å². The highest BCUT2D eigenvalue weighted by atomic mass is 15.1. The number of hydrogen-bond acceptors (Lipinski definition) is 3. The fourth-order valence-corrected chi connectivity index (χ4v) is 2.00. The first-order valence-electron chi connectivity index (χ1n) is 6.65. The highest BCUT2D eigenvalue weighted by molar-refractivity contribution is 5.37. The molecule has 0 spiro atoms. The van der Waals surface area contributed by atoms with Crippen molar-refractivity contribution < 1.29 is 0 Å². The van der Waals surface area contributed by atoms with Crippen LogP contribution in [0, 0.1) is 11.3 Å². The van der Waals surface area contributed by atoms with Crippen molar-refractivity contribution in [2.75, 3.05) is 19.6 Å². The molecule has 3 heteroatoms. The molecular formula is C15H23N3. The van der Waals surface area contributed by atoms with Gasteiger partial charge in [0.15, 0.2) is 0 Å². The van der Waals surface area contributed by atoms with E-state index in [2.05, 4.69) is 37.1 Å². The first kappa shape index (κ1) is 14.7. The molecule has 1 aromatic carbocycles. The third-order valence-corrected chi connectivity index (χ3v) is 3.21. The molecule has 0 amide bonds. The smallest absolute Gasteiger partial charge is 0.0995 e. The van der Waals surface area contributed by atoms with Gasteiger partial charge in [0.2, 0.25) is 0 Å². The van der Waals surface area contributed by atoms with Crippen LogP contribution in [0.25, 0.3) is 0 Å². The average Bonchev–Trinajstić information content (AvgIpc) is 2.42. The zero-order valence-corrected chi connectivity index (χ0v) is 11.6. The third-order valence-electron chi connectivity index (χ3n) is 3.21. The Morgan fingerprint density at radius 1 is 1.28 bits per heavy atom. The maximum absolute atomic E-state index is 9.02. The molecular weight excluding hydrogens is 222 g/mol. The van der Waals surface area contributed by atoms with Gasteiger partial charge in [-0.1, -0.05) is 32.0 Å². The van der Waals surface area contributed by atoms with Gasteiger partial charge in [-0.05, 0) is 31.6 Å². The second-order valence-corrected chi connectivity index (χ2v) is 4.54. The van der Waals surface area contributed by atoms with E-state index in [0.29, 0.717) is 6.04 Å². The van der Waals surface area contributed by atoms with Crippen LogP contribution in [0.3, 0.4) is 0 Å². The van der Waals surface area contributed by atoms with E-state index in [9.17, 15) is 0 Å². The lowest BCUT2D eigenvalue weighted by molar-refractivity contribution is 0.270. The lowest BCUT2D eigenvalue weighted by Gasteiger charge is -2.23. The SMILES string of the molecule is CCN(CC)CC(C)NCc1ccccc1C#N. The first-order valence-corrected chi connectivity index (χ1v) is 6.65. The van der Waals surface area contributed by atoms with Gasteiger partial charge >= 0.3 is 0 Å². The second kappa shape index (κ2) is 7.86. The maximum atomic E-state index is 9.02. The van der Waals surface area contributed by atoms with Crippen molar-refractivity contribution in [3.63, 3.8) is 0 Å². The summed E-state index contributed by atoms with van der Waals surface area (Å²) < 4.78 is 0. The van der Waals surface area contributed by atoms with Crippen LogP contribution in [0.4, 0.5) is 0 Å². The van der Waals surface area contributed by atoms with Crippen LogP contribution in [0.2, 0.25) is 0 Å². The van der Waals surface area contributed by atoms with Crippen molar-refractivity contribution in [2.24, 2.45) is 0 Å². The van der Waals surface area contributed by atoms with E-state index in [1.807, 2.05) is 24.3 Å². The van der Waals surface area contributed by atoms with Crippen LogP contribution in [0.15, 0.2) is 24.3 Å². The Morgan fingerprint density at radius 2 is 1.94 bits per heavy atom. The predicted molar refractivity (Wildman–Crippen MR) is 75.2 cm³/mol. The van der Waals surface area contributed by atoms with E-state index in [4.69, 9.17) is 5.26 Å². The number of hydrogen-bond donors (Lipinski definition) is 1. The summed E-state index contributed by atoms with van der Waals surface area (Å²) in [5.74, 6) is 0. The van der Waals surface area contributed by atoms with Gasteiger partial charge in [0.1, 0.15) is 0 Å². The maximum Gasteiger partial charge on any atom is 0.0995 e. The van der Waals surface area contributed by atoms with Crippen LogP contribution >= 0.6 is 0 Å². The molecule has 0 saturated carbocycles. The molecule has 1 rings (SSSR count). The topological polar surface area (TPSA) is 39.1 Å². The Labute approximate surface area is 110 Å². The standard InChI is InChI=1S/C15H23N3/c1-4-18(5-2)12-13(3)17-11-15-9-7-6-8-14(15)10-16/h6-9,13,17H,4-5,11-12H2,1-3H3. The van der Waals surface area contributed by atoms with Crippen LogP contribution in [-0.4, -0.2) is 30.6 Å². The predicted octanol–water partition coefficient (Wildman–Crippen LogP) is 2.38. The normalized spacial score (nSPS) is 12.4. The molecule has 0 aliphatic carbocycles. The van der Waals surface area contributed by atoms with Crippen LogP contribution in [0.1, 0.15) is 31.9 Å². The molecule has 0 fully saturated rings. The van der Waals surface area contributed by atoms with E-state index >= 15 is 0 Å². The first-order chi connectivity index (χ1) is 8.71. The van der Waals surface area contributed by atoms with Gasteiger partial charge in [0.05, 0.1) is 11.6 Å². The number of benzene rings is 1. The molecule has 0 bridgehead atoms. The second-order valence-electron chi connectivity index (χ2n) is 4.54. The molecule has 3 nitrogen and oxygen atoms in total. The van der Waals surface area contributed by atoms with Crippen LogP contribution in [0.5, 0.6) is 0 Å². The zero-order valence-electron chi connectivity index (χ0n) is 11.6. The fourth-order valence-electron chi connectivity index (χ4n) is 2.00. The summed E-state index contributed by atoms with van der Waals surface area (Å²) in [6.45, 7) is 10.5. The summed E-state index contributed by atoms with van der Waals surface area (Å²) in [6, 6.07) is 10.4. The number of nitrogens with zero attached hydrogens (tertiary/aromatic N) is 2. The Morgan fingerprint density at radius 3 is 2.56 bits per heavy atom. The summed E-state index contributed by atoms with van der Waals surface area (Å²) in [6.07, 6.45) is 0. The molecule has 1 N–H and O–H groups in total. The van der Waals surface area contributed by atoms with E-state index in [0.717, 1.165) is 37.3 Å². The molecule has 0 heterocycles. The van der Waals surface area contributed by atoms with Crippen LogP contribution < -0.4 is 5.32 Å². The van der Waals surface area contributed by atoms with Crippen molar-refractivity contribution in [1.29, 1.82) is 5.26 Å². The van der Waals surface area contributed by atoms with Gasteiger partial charge in [0, 0.05) is 19.1 Å². The highest BCUT2D eigenvalue weighted by Gasteiger charge is 2.07. The van der Waals surface area contributed by atoms with Gasteiger partial charge in [-0.25, -0.2) is 0 Å². The molecule has 1 unspecified atom stereocenters. The van der Waals surface area contributed by atoms with E-state index in [1.165, 1.54) is 0 Å². The Hall–Kier alpha value is -1.37. The van der Waals surface area contributed by atoms with Crippen molar-refractivity contribution in [3.05, 3.63) is 35.4 Å². The van der Waals surface area contributed by atoms with Crippen LogP contribution in [-0.2, 0) is 6.54 Å². The number of rotatable bonds is 7. The quantitative estimate of drug-likeness (QED) is 0.801. The fraction of sp³-hybridized carbons (Fsp3) is 0.533. The van der Waals surface area contributed by atoms with Crippen molar-refractivity contribution in [3.8, 4) is 6.07 Å². The van der Waals surface area contributed by atoms with Crippen molar-refractivity contribution in [1.82, 2.24) is 10.2 Å². The monoisotopic (exact) mass is 245 g/mol. The number of nitrogens with one attached hydrogen (secondary N) is 1. The van der Waals surface area contributed by atoms with E-state index < -0.39 is 0 Å². The minimum atomic E-state index is 0.427. The molecule has 98 valence electrons. The molecule has 0 aliphatic heterocycles. The summed E-state index contributed by atoms with van der Waals surface area (Å²) in [7, 11) is 0. The molecule has 1 atom stereocenters. The van der Waals surface area contributed by atoms with Gasteiger partial charge in [0.25, 0.3) is 0 Å². The molecule has 0 saturated heterocycles. The zero-order chi connectivity index (χ0) is 13.4. The molecule has 1 aromatic rings. The Bertz CT molecular complexity index is 391. The average molecular weight is 245 g/mol. The summed E-state index contributed by atoms with van der Waals surface area (Å²) in [5.41, 5.74) is 1.84. The number of likely N-dealkylation sites (N-methyl/N-ethyl adjacent to an activating group) is 1. The molecule has 0 aromatic heterocycles. The molecule has 0 radical (unpaired) electrons. The largest absolute Gasteiger partial charge is 0.309 e. The van der Waals surface area contributed by atoms with Crippen molar-refractivity contribution in [2.45, 2.75) is 33.4 Å². The Kier molecular flexibility index (Phi) is 6.42. The minimum absolute atomic E-state index is 0.427. The molecule has 18 heavy (non-hydrogen) atoms. The van der Waals surface area contributed by atoms with Gasteiger partial charge in [-0.3, -0.25) is 0 Å². The Balaban J connectivity index is 2.47. The minimum Gasteiger partial charge on any atom is -0.309 e. The van der Waals surface area contributed by atoms with Crippen molar-refractivity contribution >= 4 is 0 Å². The van der Waals surface area contributed by atoms with Gasteiger partial charge < -0.3 is 10.2 Å². The highest BCUT2D eigenvalue weighted by Crippen LogP contribution is 2.07. The van der Waals surface area contributed by atoms with Gasteiger partial charge in [-0.2, -0.15) is 5.26 Å². The van der Waals surface area contributed by atoms with E-state index in [1.54, 1.807) is 0 Å². The lowest BCUT2D eigenvalue weighted by atomic mass is 10.1. The third kappa shape index (κ3) is 4.48. The summed E-state index contributed by atoms with van der Waals surface area (Å²) >= 11 is 0.